The van der Waals surface area contributed by atoms with Crippen LogP contribution in [-0.4, -0.2) is 38.0 Å². The van der Waals surface area contributed by atoms with Gasteiger partial charge >= 0.3 is 5.97 Å². The first-order valence-electron chi connectivity index (χ1n) is 6.49. The summed E-state index contributed by atoms with van der Waals surface area (Å²) in [5.41, 5.74) is 0.511. The highest BCUT2D eigenvalue weighted by molar-refractivity contribution is 7.89. The van der Waals surface area contributed by atoms with E-state index in [1.165, 1.54) is 24.3 Å². The number of hydrogen-bond acceptors (Lipinski definition) is 4. The first-order valence-corrected chi connectivity index (χ1v) is 7.97. The smallest absolute Gasteiger partial charge is 0.307 e. The van der Waals surface area contributed by atoms with Crippen LogP contribution in [0.15, 0.2) is 29.2 Å². The van der Waals surface area contributed by atoms with Crippen LogP contribution in [0.1, 0.15) is 18.4 Å². The molecule has 3 N–H and O–H groups in total. The minimum atomic E-state index is -3.80. The molecule has 0 aromatic heterocycles. The molecule has 1 heterocycles. The van der Waals surface area contributed by atoms with E-state index in [0.29, 0.717) is 18.5 Å². The molecule has 0 spiro atoms. The summed E-state index contributed by atoms with van der Waals surface area (Å²) in [6, 6.07) is 4.80. The Kier molecular flexibility index (Phi) is 4.59. The van der Waals surface area contributed by atoms with Crippen molar-refractivity contribution in [3.05, 3.63) is 29.8 Å². The first-order chi connectivity index (χ1) is 9.88. The van der Waals surface area contributed by atoms with Crippen LogP contribution >= 0.6 is 0 Å². The maximum Gasteiger partial charge on any atom is 0.307 e. The van der Waals surface area contributed by atoms with Crippen molar-refractivity contribution >= 4 is 21.9 Å². The predicted octanol–water partition coefficient (Wildman–Crippen LogP) is -0.129. The molecule has 2 rings (SSSR count). The summed E-state index contributed by atoms with van der Waals surface area (Å²) in [5.74, 6) is -1.31. The Morgan fingerprint density at radius 3 is 2.57 bits per heavy atom. The molecule has 1 amide bonds. The van der Waals surface area contributed by atoms with Gasteiger partial charge in [-0.3, -0.25) is 9.59 Å². The molecule has 1 aromatic rings. The molecule has 0 radical (unpaired) electrons. The average molecular weight is 312 g/mol. The van der Waals surface area contributed by atoms with Crippen LogP contribution in [0.2, 0.25) is 0 Å². The molecule has 1 atom stereocenters. The van der Waals surface area contributed by atoms with Gasteiger partial charge in [0.1, 0.15) is 6.04 Å². The van der Waals surface area contributed by atoms with Crippen LogP contribution in [0.5, 0.6) is 0 Å². The molecule has 1 aliphatic heterocycles. The number of benzene rings is 1. The van der Waals surface area contributed by atoms with Gasteiger partial charge in [-0.1, -0.05) is 12.1 Å². The summed E-state index contributed by atoms with van der Waals surface area (Å²) in [6.45, 7) is 0.556. The second kappa shape index (κ2) is 6.23. The summed E-state index contributed by atoms with van der Waals surface area (Å²) >= 11 is 0. The fraction of sp³-hybridized carbons (Fsp3) is 0.385. The molecule has 8 heteroatoms. The van der Waals surface area contributed by atoms with Gasteiger partial charge in [0.25, 0.3) is 0 Å². The fourth-order valence-electron chi connectivity index (χ4n) is 2.10. The Morgan fingerprint density at radius 1 is 1.33 bits per heavy atom. The minimum absolute atomic E-state index is 0.00927. The predicted molar refractivity (Wildman–Crippen MR) is 74.1 cm³/mol. The summed E-state index contributed by atoms with van der Waals surface area (Å²) in [7, 11) is -3.80. The molecular weight excluding hydrogens is 296 g/mol. The topological polar surface area (TPSA) is 113 Å². The fourth-order valence-corrected chi connectivity index (χ4v) is 3.33. The van der Waals surface area contributed by atoms with E-state index >= 15 is 0 Å². The number of sulfonamides is 1. The number of carboxylic acids is 1. The Morgan fingerprint density at radius 2 is 2.00 bits per heavy atom. The molecule has 114 valence electrons. The Hall–Kier alpha value is -1.93. The van der Waals surface area contributed by atoms with E-state index in [-0.39, 0.29) is 17.2 Å². The summed E-state index contributed by atoms with van der Waals surface area (Å²) in [4.78, 5) is 22.2. The third-order valence-electron chi connectivity index (χ3n) is 3.17. The Labute approximate surface area is 122 Å². The average Bonchev–Trinajstić information content (AvgIpc) is 2.41. The second-order valence-electron chi connectivity index (χ2n) is 4.82. The lowest BCUT2D eigenvalue weighted by molar-refractivity contribution is -0.136. The van der Waals surface area contributed by atoms with Gasteiger partial charge in [-0.05, 0) is 30.5 Å². The monoisotopic (exact) mass is 312 g/mol. The van der Waals surface area contributed by atoms with E-state index in [0.717, 1.165) is 6.42 Å². The van der Waals surface area contributed by atoms with Crippen molar-refractivity contribution in [2.45, 2.75) is 30.2 Å². The van der Waals surface area contributed by atoms with Gasteiger partial charge in [-0.25, -0.2) is 8.42 Å². The van der Waals surface area contributed by atoms with Crippen molar-refractivity contribution in [3.63, 3.8) is 0 Å². The highest BCUT2D eigenvalue weighted by atomic mass is 32.2. The van der Waals surface area contributed by atoms with Crippen LogP contribution in [0.4, 0.5) is 0 Å². The Balaban J connectivity index is 2.11. The van der Waals surface area contributed by atoms with E-state index in [9.17, 15) is 18.0 Å². The maximum absolute atomic E-state index is 12.2. The molecule has 0 aliphatic carbocycles. The van der Waals surface area contributed by atoms with E-state index in [2.05, 4.69) is 10.0 Å². The number of nitrogens with one attached hydrogen (secondary N) is 2. The zero-order valence-corrected chi connectivity index (χ0v) is 12.0. The number of piperidine rings is 1. The zero-order valence-electron chi connectivity index (χ0n) is 11.2. The third kappa shape index (κ3) is 4.02. The van der Waals surface area contributed by atoms with Crippen molar-refractivity contribution in [3.8, 4) is 0 Å². The molecule has 0 bridgehead atoms. The van der Waals surface area contributed by atoms with Gasteiger partial charge in [0.15, 0.2) is 0 Å². The molecule has 21 heavy (non-hydrogen) atoms. The lowest BCUT2D eigenvalue weighted by Gasteiger charge is -2.22. The number of carbonyl (C=O) groups is 2. The van der Waals surface area contributed by atoms with Crippen molar-refractivity contribution in [2.75, 3.05) is 6.54 Å². The van der Waals surface area contributed by atoms with Crippen LogP contribution in [-0.2, 0) is 26.0 Å². The lowest BCUT2D eigenvalue weighted by atomic mass is 10.1. The standard InChI is InChI=1S/C13H16N2O5S/c16-12(17)8-9-3-5-10(6-4-9)21(19,20)15-11-2-1-7-14-13(11)18/h3-6,11,15H,1-2,7-8H2,(H,14,18)(H,16,17). The Bertz CT molecular complexity index is 639. The molecule has 1 aliphatic rings. The van der Waals surface area contributed by atoms with E-state index in [4.69, 9.17) is 5.11 Å². The minimum Gasteiger partial charge on any atom is -0.481 e. The summed E-state index contributed by atoms with van der Waals surface area (Å²) in [5, 5.41) is 11.3. The molecular formula is C13H16N2O5S. The number of carboxylic acid groups (broad SMARTS) is 1. The van der Waals surface area contributed by atoms with Gasteiger partial charge < -0.3 is 10.4 Å². The highest BCUT2D eigenvalue weighted by Crippen LogP contribution is 2.13. The molecule has 1 aromatic carbocycles. The number of hydrogen-bond donors (Lipinski definition) is 3. The van der Waals surface area contributed by atoms with Crippen LogP contribution in [0.3, 0.4) is 0 Å². The van der Waals surface area contributed by atoms with E-state index in [1.54, 1.807) is 0 Å². The quantitative estimate of drug-likeness (QED) is 0.701. The first kappa shape index (κ1) is 15.5. The van der Waals surface area contributed by atoms with Crippen molar-refractivity contribution < 1.29 is 23.1 Å². The highest BCUT2D eigenvalue weighted by Gasteiger charge is 2.27. The van der Waals surface area contributed by atoms with Gasteiger partial charge in [0.05, 0.1) is 11.3 Å². The van der Waals surface area contributed by atoms with Gasteiger partial charge in [0.2, 0.25) is 15.9 Å². The maximum atomic E-state index is 12.2. The molecule has 1 fully saturated rings. The molecule has 1 unspecified atom stereocenters. The number of amides is 1. The van der Waals surface area contributed by atoms with E-state index < -0.39 is 22.0 Å². The van der Waals surface area contributed by atoms with Gasteiger partial charge in [0, 0.05) is 6.54 Å². The lowest BCUT2D eigenvalue weighted by Crippen LogP contribution is -2.50. The van der Waals surface area contributed by atoms with Crippen LogP contribution in [0.25, 0.3) is 0 Å². The number of aliphatic carboxylic acids is 1. The molecule has 7 nitrogen and oxygen atoms in total. The SMILES string of the molecule is O=C(O)Cc1ccc(S(=O)(=O)NC2CCCNC2=O)cc1. The third-order valence-corrected chi connectivity index (χ3v) is 4.66. The normalized spacial score (nSPS) is 19.0. The number of rotatable bonds is 5. The molecule has 0 saturated carbocycles. The summed E-state index contributed by atoms with van der Waals surface area (Å²) < 4.78 is 26.7. The van der Waals surface area contributed by atoms with Crippen LogP contribution < -0.4 is 10.0 Å². The van der Waals surface area contributed by atoms with Gasteiger partial charge in [-0.2, -0.15) is 4.72 Å². The summed E-state index contributed by atoms with van der Waals surface area (Å²) in [6.07, 6.45) is 1.01. The molecule has 1 saturated heterocycles. The zero-order chi connectivity index (χ0) is 15.5. The van der Waals surface area contributed by atoms with Crippen molar-refractivity contribution in [2.24, 2.45) is 0 Å². The van der Waals surface area contributed by atoms with Crippen LogP contribution in [0, 0.1) is 0 Å². The second-order valence-corrected chi connectivity index (χ2v) is 6.54. The van der Waals surface area contributed by atoms with E-state index in [1.807, 2.05) is 0 Å². The van der Waals surface area contributed by atoms with Crippen molar-refractivity contribution in [1.82, 2.24) is 10.0 Å². The number of carbonyl (C=O) groups excluding carboxylic acids is 1. The largest absolute Gasteiger partial charge is 0.481 e. The van der Waals surface area contributed by atoms with Crippen molar-refractivity contribution in [1.29, 1.82) is 0 Å². The van der Waals surface area contributed by atoms with Gasteiger partial charge in [-0.15, -0.1) is 0 Å².